The van der Waals surface area contributed by atoms with Crippen molar-refractivity contribution in [3.63, 3.8) is 0 Å². The van der Waals surface area contributed by atoms with Gasteiger partial charge in [-0.2, -0.15) is 4.98 Å². The first-order valence-corrected chi connectivity index (χ1v) is 13.7. The quantitative estimate of drug-likeness (QED) is 0.249. The Labute approximate surface area is 226 Å². The molecule has 39 heavy (non-hydrogen) atoms. The van der Waals surface area contributed by atoms with Crippen molar-refractivity contribution in [2.24, 2.45) is 0 Å². The summed E-state index contributed by atoms with van der Waals surface area (Å²) in [5.74, 6) is 1.64. The number of hydrogen-bond donors (Lipinski definition) is 5. The number of urea groups is 1. The van der Waals surface area contributed by atoms with Crippen molar-refractivity contribution >= 4 is 44.9 Å². The van der Waals surface area contributed by atoms with Gasteiger partial charge in [0, 0.05) is 41.9 Å². The molecule has 12 heteroatoms. The summed E-state index contributed by atoms with van der Waals surface area (Å²) in [6.45, 7) is 0.772. The van der Waals surface area contributed by atoms with Gasteiger partial charge in [0.25, 0.3) is 0 Å². The van der Waals surface area contributed by atoms with Gasteiger partial charge in [-0.05, 0) is 66.6 Å². The molecule has 5 rings (SSSR count). The smallest absolute Gasteiger partial charge is 0.323 e. The molecule has 5 N–H and O–H groups in total. The molecular weight excluding hydrogens is 518 g/mol. The normalized spacial score (nSPS) is 14.3. The van der Waals surface area contributed by atoms with Crippen molar-refractivity contribution in [1.29, 1.82) is 0 Å². The fourth-order valence-electron chi connectivity index (χ4n) is 3.94. The summed E-state index contributed by atoms with van der Waals surface area (Å²) in [4.78, 5) is 21.7. The van der Waals surface area contributed by atoms with Crippen LogP contribution in [0.3, 0.4) is 0 Å². The number of aromatic nitrogens is 2. The van der Waals surface area contributed by atoms with E-state index in [4.69, 9.17) is 4.74 Å². The lowest BCUT2D eigenvalue weighted by atomic mass is 10.1. The molecule has 11 nitrogen and oxygen atoms in total. The highest BCUT2D eigenvalue weighted by Crippen LogP contribution is 2.29. The van der Waals surface area contributed by atoms with E-state index in [1.165, 1.54) is 0 Å². The molecule has 1 aromatic heterocycles. The fraction of sp³-hybridized carbons (Fsp3) is 0.148. The number of fused-ring (bicyclic) bond motifs is 4. The number of benzene rings is 3. The topological polar surface area (TPSA) is 146 Å². The van der Waals surface area contributed by atoms with Crippen LogP contribution in [-0.2, 0) is 10.0 Å². The van der Waals surface area contributed by atoms with Crippen molar-refractivity contribution < 1.29 is 17.9 Å². The number of carbonyl (C=O) groups excluding carboxylic acids is 1. The minimum absolute atomic E-state index is 0.169. The number of hydrogen-bond acceptors (Lipinski definition) is 8. The van der Waals surface area contributed by atoms with Crippen molar-refractivity contribution in [1.82, 2.24) is 14.7 Å². The van der Waals surface area contributed by atoms with E-state index in [0.29, 0.717) is 47.5 Å². The molecule has 4 bridgehead atoms. The van der Waals surface area contributed by atoms with Crippen LogP contribution >= 0.6 is 0 Å². The second-order valence-corrected chi connectivity index (χ2v) is 10.4. The molecule has 4 aromatic rings. The zero-order valence-corrected chi connectivity index (χ0v) is 21.9. The van der Waals surface area contributed by atoms with Crippen molar-refractivity contribution in [3.8, 4) is 16.9 Å². The molecular formula is C27H27N7O4S. The Kier molecular flexibility index (Phi) is 7.57. The second-order valence-electron chi connectivity index (χ2n) is 8.67. The number of nitrogens with one attached hydrogen (secondary N) is 5. The SMILES string of the molecule is COc1ccc(NC(=O)Nc2ccc(-c3cnc4nc3NCCCNS(=O)(=O)c3cccc(c3)N4)cc2)cc1. The van der Waals surface area contributed by atoms with E-state index in [1.807, 2.05) is 12.1 Å². The van der Waals surface area contributed by atoms with Crippen LogP contribution in [0.2, 0.25) is 0 Å². The summed E-state index contributed by atoms with van der Waals surface area (Å²) in [6.07, 6.45) is 2.26. The number of sulfonamides is 1. The molecule has 0 atom stereocenters. The minimum atomic E-state index is -3.62. The predicted octanol–water partition coefficient (Wildman–Crippen LogP) is 4.63. The van der Waals surface area contributed by atoms with Crippen LogP contribution < -0.4 is 30.7 Å². The Morgan fingerprint density at radius 1 is 0.949 bits per heavy atom. The minimum Gasteiger partial charge on any atom is -0.497 e. The van der Waals surface area contributed by atoms with E-state index in [1.54, 1.807) is 74.0 Å². The number of ether oxygens (including phenoxy) is 1. The van der Waals surface area contributed by atoms with Gasteiger partial charge in [0.05, 0.1) is 12.0 Å². The molecule has 0 saturated heterocycles. The third-order valence-corrected chi connectivity index (χ3v) is 7.39. The molecule has 0 spiro atoms. The fourth-order valence-corrected chi connectivity index (χ4v) is 5.06. The number of carbonyl (C=O) groups is 1. The van der Waals surface area contributed by atoms with Gasteiger partial charge in [0.15, 0.2) is 0 Å². The van der Waals surface area contributed by atoms with Gasteiger partial charge in [0.2, 0.25) is 16.0 Å². The van der Waals surface area contributed by atoms with Gasteiger partial charge in [-0.25, -0.2) is 22.9 Å². The lowest BCUT2D eigenvalue weighted by Gasteiger charge is -2.14. The average molecular weight is 546 g/mol. The molecule has 0 unspecified atom stereocenters. The van der Waals surface area contributed by atoms with Crippen molar-refractivity contribution in [2.45, 2.75) is 11.3 Å². The summed E-state index contributed by atoms with van der Waals surface area (Å²) < 4.78 is 32.9. The predicted molar refractivity (Wildman–Crippen MR) is 151 cm³/mol. The lowest BCUT2D eigenvalue weighted by molar-refractivity contribution is 0.262. The molecule has 1 aliphatic rings. The second kappa shape index (κ2) is 11.4. The van der Waals surface area contributed by atoms with Gasteiger partial charge in [-0.15, -0.1) is 0 Å². The zero-order valence-electron chi connectivity index (χ0n) is 21.1. The van der Waals surface area contributed by atoms with Crippen molar-refractivity contribution in [3.05, 3.63) is 79.0 Å². The Morgan fingerprint density at radius 3 is 2.38 bits per heavy atom. The Bertz CT molecular complexity index is 1580. The number of nitrogens with zero attached hydrogens (tertiary/aromatic N) is 2. The number of amides is 2. The van der Waals surface area contributed by atoms with Crippen LogP contribution in [0.1, 0.15) is 6.42 Å². The largest absolute Gasteiger partial charge is 0.497 e. The highest BCUT2D eigenvalue weighted by Gasteiger charge is 2.16. The summed E-state index contributed by atoms with van der Waals surface area (Å²) in [6, 6.07) is 20.5. The van der Waals surface area contributed by atoms with Crippen LogP contribution in [0.15, 0.2) is 83.9 Å². The third kappa shape index (κ3) is 6.43. The summed E-state index contributed by atoms with van der Waals surface area (Å²) in [7, 11) is -2.03. The van der Waals surface area contributed by atoms with Crippen LogP contribution in [0.4, 0.5) is 33.6 Å². The van der Waals surface area contributed by atoms with Crippen LogP contribution in [0.25, 0.3) is 11.1 Å². The molecule has 3 aromatic carbocycles. The van der Waals surface area contributed by atoms with Crippen LogP contribution in [0, 0.1) is 0 Å². The first-order valence-electron chi connectivity index (χ1n) is 12.2. The summed E-state index contributed by atoms with van der Waals surface area (Å²) in [5.41, 5.74) is 3.42. The Hall–Kier alpha value is -4.68. The van der Waals surface area contributed by atoms with Gasteiger partial charge in [0.1, 0.15) is 11.6 Å². The maximum absolute atomic E-state index is 12.6. The van der Waals surface area contributed by atoms with Gasteiger partial charge >= 0.3 is 6.03 Å². The third-order valence-electron chi connectivity index (χ3n) is 5.93. The van der Waals surface area contributed by atoms with E-state index in [2.05, 4.69) is 36.0 Å². The highest BCUT2D eigenvalue weighted by atomic mass is 32.2. The Morgan fingerprint density at radius 2 is 1.67 bits per heavy atom. The van der Waals surface area contributed by atoms with Crippen molar-refractivity contribution in [2.75, 3.05) is 41.5 Å². The summed E-state index contributed by atoms with van der Waals surface area (Å²) >= 11 is 0. The first-order chi connectivity index (χ1) is 18.9. The molecule has 2 heterocycles. The molecule has 1 aliphatic heterocycles. The maximum Gasteiger partial charge on any atom is 0.323 e. The van der Waals surface area contributed by atoms with E-state index >= 15 is 0 Å². The Balaban J connectivity index is 1.32. The van der Waals surface area contributed by atoms with E-state index in [9.17, 15) is 13.2 Å². The maximum atomic E-state index is 12.6. The highest BCUT2D eigenvalue weighted by molar-refractivity contribution is 7.89. The molecule has 200 valence electrons. The molecule has 0 fully saturated rings. The number of rotatable bonds is 4. The average Bonchev–Trinajstić information content (AvgIpc) is 2.94. The van der Waals surface area contributed by atoms with Gasteiger partial charge in [-0.1, -0.05) is 18.2 Å². The molecule has 2 amide bonds. The molecule has 0 aliphatic carbocycles. The lowest BCUT2D eigenvalue weighted by Crippen LogP contribution is -2.26. The molecule has 0 saturated carbocycles. The standard InChI is InChI=1S/C27H27N7O4S/c1-38-22-12-10-20(11-13-22)33-27(35)32-19-8-6-18(7-9-19)24-17-29-26-31-21-4-2-5-23(16-21)39(36,37)30-15-3-14-28-25(24)34-26/h2,4-13,16-17,30H,3,14-15H2,1H3,(H2,32,33,35)(H2,28,29,31,34). The monoisotopic (exact) mass is 545 g/mol. The van der Waals surface area contributed by atoms with E-state index in [0.717, 1.165) is 11.1 Å². The van der Waals surface area contributed by atoms with Gasteiger partial charge in [-0.3, -0.25) is 0 Å². The van der Waals surface area contributed by atoms with E-state index < -0.39 is 10.0 Å². The first kappa shape index (κ1) is 25.9. The van der Waals surface area contributed by atoms with E-state index in [-0.39, 0.29) is 17.5 Å². The summed E-state index contributed by atoms with van der Waals surface area (Å²) in [5, 5.41) is 12.0. The van der Waals surface area contributed by atoms with Gasteiger partial charge < -0.3 is 26.0 Å². The number of anilines is 5. The number of methoxy groups -OCH3 is 1. The van der Waals surface area contributed by atoms with Crippen LogP contribution in [0.5, 0.6) is 5.75 Å². The molecule has 0 radical (unpaired) electrons. The zero-order chi connectivity index (χ0) is 27.2. The van der Waals surface area contributed by atoms with Crippen LogP contribution in [-0.4, -0.2) is 44.6 Å².